The van der Waals surface area contributed by atoms with E-state index in [1.165, 1.54) is 6.20 Å². The van der Waals surface area contributed by atoms with E-state index in [0.717, 1.165) is 0 Å². The molecule has 0 spiro atoms. The number of nitrogens with zero attached hydrogens (tertiary/aromatic N) is 3. The molecule has 30 heavy (non-hydrogen) atoms. The van der Waals surface area contributed by atoms with Crippen molar-refractivity contribution < 1.29 is 9.59 Å². The molecular weight excluding hydrogens is 402 g/mol. The van der Waals surface area contributed by atoms with Crippen molar-refractivity contribution >= 4 is 34.8 Å². The lowest BCUT2D eigenvalue weighted by Gasteiger charge is -2.12. The number of halogens is 1. The van der Waals surface area contributed by atoms with Gasteiger partial charge in [-0.05, 0) is 54.6 Å². The molecule has 2 N–H and O–H groups in total. The van der Waals surface area contributed by atoms with E-state index >= 15 is 0 Å². The van der Waals surface area contributed by atoms with Crippen LogP contribution < -0.4 is 10.6 Å². The molecule has 7 nitrogen and oxygen atoms in total. The van der Waals surface area contributed by atoms with Gasteiger partial charge in [-0.15, -0.1) is 0 Å². The van der Waals surface area contributed by atoms with Gasteiger partial charge in [0.15, 0.2) is 5.82 Å². The van der Waals surface area contributed by atoms with Gasteiger partial charge in [0.05, 0.1) is 16.8 Å². The second-order valence-electron chi connectivity index (χ2n) is 6.32. The number of aromatic nitrogens is 3. The number of hydrogen-bond donors (Lipinski definition) is 2. The molecule has 2 aromatic carbocycles. The minimum atomic E-state index is -0.374. The van der Waals surface area contributed by atoms with Crippen LogP contribution in [0.1, 0.15) is 20.7 Å². The topological polar surface area (TPSA) is 88.9 Å². The van der Waals surface area contributed by atoms with Crippen LogP contribution >= 0.6 is 11.6 Å². The maximum atomic E-state index is 12.7. The number of amides is 2. The van der Waals surface area contributed by atoms with Crippen LogP contribution in [0, 0.1) is 0 Å². The van der Waals surface area contributed by atoms with Crippen molar-refractivity contribution in [1.29, 1.82) is 0 Å². The van der Waals surface area contributed by atoms with Gasteiger partial charge in [0, 0.05) is 29.3 Å². The highest BCUT2D eigenvalue weighted by Gasteiger charge is 2.15. The summed E-state index contributed by atoms with van der Waals surface area (Å²) in [7, 11) is 0. The summed E-state index contributed by atoms with van der Waals surface area (Å²) in [5.41, 5.74) is 1.69. The number of hydrogen-bond acceptors (Lipinski definition) is 4. The lowest BCUT2D eigenvalue weighted by atomic mass is 10.1. The average Bonchev–Trinajstić information content (AvgIpc) is 3.31. The number of carbonyl (C=O) groups is 2. The molecule has 148 valence electrons. The number of benzene rings is 2. The molecule has 0 aliphatic rings. The van der Waals surface area contributed by atoms with E-state index in [2.05, 4.69) is 20.7 Å². The molecule has 0 saturated heterocycles. The molecule has 0 bridgehead atoms. The predicted octanol–water partition coefficient (Wildman–Crippen LogP) is 4.43. The Morgan fingerprint density at radius 2 is 1.67 bits per heavy atom. The van der Waals surface area contributed by atoms with Crippen LogP contribution in [-0.4, -0.2) is 26.6 Å². The van der Waals surface area contributed by atoms with E-state index in [1.54, 1.807) is 83.8 Å². The van der Waals surface area contributed by atoms with Gasteiger partial charge in [0.1, 0.15) is 0 Å². The Morgan fingerprint density at radius 1 is 0.867 bits per heavy atom. The Labute approximate surface area is 177 Å². The Kier molecular flexibility index (Phi) is 5.54. The summed E-state index contributed by atoms with van der Waals surface area (Å²) in [5.74, 6) is -0.124. The van der Waals surface area contributed by atoms with Crippen LogP contribution in [0.3, 0.4) is 0 Å². The zero-order valence-electron chi connectivity index (χ0n) is 15.6. The van der Waals surface area contributed by atoms with E-state index in [9.17, 15) is 9.59 Å². The van der Waals surface area contributed by atoms with Crippen LogP contribution in [0.15, 0.2) is 85.3 Å². The smallest absolute Gasteiger partial charge is 0.257 e. The number of carbonyl (C=O) groups excluding carboxylic acids is 2. The Bertz CT molecular complexity index is 1170. The lowest BCUT2D eigenvalue weighted by molar-refractivity contribution is 0.102. The van der Waals surface area contributed by atoms with Crippen molar-refractivity contribution in [2.75, 3.05) is 10.6 Å². The molecule has 0 unspecified atom stereocenters. The Hall–Kier alpha value is -3.97. The van der Waals surface area contributed by atoms with E-state index in [1.807, 2.05) is 0 Å². The standard InChI is InChI=1S/C22H16ClN5O2/c23-16-7-9-17(10-8-16)26-22(30)18-4-1-2-5-19(18)27-21(29)15-6-11-20(24-14-15)28-13-3-12-25-28/h1-14H,(H,26,30)(H,27,29). The van der Waals surface area contributed by atoms with E-state index < -0.39 is 0 Å². The second kappa shape index (κ2) is 8.59. The minimum absolute atomic E-state index is 0.335. The van der Waals surface area contributed by atoms with E-state index in [-0.39, 0.29) is 11.8 Å². The van der Waals surface area contributed by atoms with Gasteiger partial charge in [-0.3, -0.25) is 9.59 Å². The van der Waals surface area contributed by atoms with E-state index in [4.69, 9.17) is 11.6 Å². The summed E-state index contributed by atoms with van der Waals surface area (Å²) < 4.78 is 1.60. The van der Waals surface area contributed by atoms with Crippen LogP contribution in [-0.2, 0) is 0 Å². The number of para-hydroxylation sites is 1. The van der Waals surface area contributed by atoms with Gasteiger partial charge in [0.2, 0.25) is 0 Å². The third-order valence-electron chi connectivity index (χ3n) is 4.27. The van der Waals surface area contributed by atoms with E-state index in [0.29, 0.717) is 33.3 Å². The monoisotopic (exact) mass is 417 g/mol. The molecule has 0 atom stereocenters. The van der Waals surface area contributed by atoms with Gasteiger partial charge in [-0.2, -0.15) is 5.10 Å². The number of rotatable bonds is 5. The number of nitrogens with one attached hydrogen (secondary N) is 2. The van der Waals surface area contributed by atoms with Gasteiger partial charge < -0.3 is 10.6 Å². The van der Waals surface area contributed by atoms with Crippen LogP contribution in [0.5, 0.6) is 0 Å². The van der Waals surface area contributed by atoms with Gasteiger partial charge in [-0.25, -0.2) is 9.67 Å². The Balaban J connectivity index is 1.50. The lowest BCUT2D eigenvalue weighted by Crippen LogP contribution is -2.18. The molecular formula is C22H16ClN5O2. The third kappa shape index (κ3) is 4.37. The second-order valence-corrected chi connectivity index (χ2v) is 6.75. The summed E-state index contributed by atoms with van der Waals surface area (Å²) in [6, 6.07) is 18.7. The van der Waals surface area contributed by atoms with Gasteiger partial charge in [0.25, 0.3) is 11.8 Å². The van der Waals surface area contributed by atoms with Crippen LogP contribution in [0.25, 0.3) is 5.82 Å². The molecule has 2 aromatic heterocycles. The number of pyridine rings is 1. The molecule has 2 heterocycles. The van der Waals surface area contributed by atoms with Crippen molar-refractivity contribution in [2.45, 2.75) is 0 Å². The van der Waals surface area contributed by atoms with Crippen molar-refractivity contribution in [2.24, 2.45) is 0 Å². The van der Waals surface area contributed by atoms with Gasteiger partial charge in [-0.1, -0.05) is 23.7 Å². The summed E-state index contributed by atoms with van der Waals surface area (Å²) >= 11 is 5.87. The first-order valence-corrected chi connectivity index (χ1v) is 9.41. The molecule has 0 radical (unpaired) electrons. The summed E-state index contributed by atoms with van der Waals surface area (Å²) in [4.78, 5) is 29.6. The zero-order valence-corrected chi connectivity index (χ0v) is 16.4. The molecule has 4 rings (SSSR count). The van der Waals surface area contributed by atoms with Crippen molar-refractivity contribution in [3.8, 4) is 5.82 Å². The third-order valence-corrected chi connectivity index (χ3v) is 4.52. The average molecular weight is 418 g/mol. The molecule has 0 aliphatic heterocycles. The zero-order chi connectivity index (χ0) is 20.9. The molecule has 0 aliphatic carbocycles. The molecule has 8 heteroatoms. The fourth-order valence-corrected chi connectivity index (χ4v) is 2.90. The van der Waals surface area contributed by atoms with Crippen LogP contribution in [0.4, 0.5) is 11.4 Å². The molecule has 0 saturated carbocycles. The molecule has 2 amide bonds. The maximum absolute atomic E-state index is 12.7. The largest absolute Gasteiger partial charge is 0.322 e. The summed E-state index contributed by atoms with van der Waals surface area (Å²) in [5, 5.41) is 10.2. The number of anilines is 2. The van der Waals surface area contributed by atoms with Crippen LogP contribution in [0.2, 0.25) is 5.02 Å². The SMILES string of the molecule is O=C(Nc1ccccc1C(=O)Nc1ccc(Cl)cc1)c1ccc(-n2cccn2)nc1. The van der Waals surface area contributed by atoms with Gasteiger partial charge >= 0.3 is 0 Å². The molecule has 0 fully saturated rings. The quantitative estimate of drug-likeness (QED) is 0.503. The van der Waals surface area contributed by atoms with Crippen molar-refractivity contribution in [1.82, 2.24) is 14.8 Å². The summed E-state index contributed by atoms with van der Waals surface area (Å²) in [6.45, 7) is 0. The molecule has 4 aromatic rings. The highest BCUT2D eigenvalue weighted by molar-refractivity contribution is 6.30. The Morgan fingerprint density at radius 3 is 2.37 bits per heavy atom. The van der Waals surface area contributed by atoms with Crippen molar-refractivity contribution in [3.05, 3.63) is 101 Å². The predicted molar refractivity (Wildman–Crippen MR) is 115 cm³/mol. The first-order chi connectivity index (χ1) is 14.6. The maximum Gasteiger partial charge on any atom is 0.257 e. The normalized spacial score (nSPS) is 10.4. The minimum Gasteiger partial charge on any atom is -0.322 e. The highest BCUT2D eigenvalue weighted by Crippen LogP contribution is 2.20. The fraction of sp³-hybridized carbons (Fsp3) is 0. The summed E-state index contributed by atoms with van der Waals surface area (Å²) in [6.07, 6.45) is 4.87. The van der Waals surface area contributed by atoms with Crippen molar-refractivity contribution in [3.63, 3.8) is 0 Å². The highest BCUT2D eigenvalue weighted by atomic mass is 35.5. The first-order valence-electron chi connectivity index (χ1n) is 9.03. The fourth-order valence-electron chi connectivity index (χ4n) is 2.78. The first kappa shape index (κ1) is 19.4.